The summed E-state index contributed by atoms with van der Waals surface area (Å²) >= 11 is 12.1. The molecule has 0 bridgehead atoms. The molecule has 0 aromatic heterocycles. The van der Waals surface area contributed by atoms with Crippen LogP contribution in [0.15, 0.2) is 53.4 Å². The maximum absolute atomic E-state index is 12.4. The summed E-state index contributed by atoms with van der Waals surface area (Å²) in [5.41, 5.74) is 1.77. The van der Waals surface area contributed by atoms with Gasteiger partial charge >= 0.3 is 0 Å². The number of ether oxygens (including phenoxy) is 1. The van der Waals surface area contributed by atoms with Crippen LogP contribution in [0.2, 0.25) is 5.02 Å². The van der Waals surface area contributed by atoms with Crippen molar-refractivity contribution in [3.63, 3.8) is 0 Å². The number of rotatable bonds is 7. The van der Waals surface area contributed by atoms with Crippen molar-refractivity contribution in [3.8, 4) is 5.75 Å². The Bertz CT molecular complexity index is 1050. The maximum Gasteiger partial charge on any atom is 0.266 e. The Morgan fingerprint density at radius 3 is 2.41 bits per heavy atom. The van der Waals surface area contributed by atoms with Gasteiger partial charge in [0.15, 0.2) is 0 Å². The van der Waals surface area contributed by atoms with E-state index in [2.05, 4.69) is 0 Å². The summed E-state index contributed by atoms with van der Waals surface area (Å²) < 4.78 is 36.6. The topological polar surface area (TPSA) is 83.9 Å². The first-order valence-electron chi connectivity index (χ1n) is 8.39. The molecule has 1 amide bonds. The number of benzene rings is 2. The molecule has 0 radical (unpaired) electrons. The van der Waals surface area contributed by atoms with E-state index in [1.54, 1.807) is 30.3 Å². The van der Waals surface area contributed by atoms with E-state index in [1.807, 2.05) is 24.3 Å². The zero-order valence-electron chi connectivity index (χ0n) is 14.9. The third kappa shape index (κ3) is 6.28. The summed E-state index contributed by atoms with van der Waals surface area (Å²) in [5.74, 6) is -0.267. The van der Waals surface area contributed by atoms with Gasteiger partial charge in [0.05, 0.1) is 10.7 Å². The smallest absolute Gasteiger partial charge is 0.266 e. The summed E-state index contributed by atoms with van der Waals surface area (Å²) in [5, 5.41) is 0.668. The van der Waals surface area contributed by atoms with Gasteiger partial charge in [-0.1, -0.05) is 59.8 Å². The molecule has 1 heterocycles. The second-order valence-corrected chi connectivity index (χ2v) is 9.79. The second kappa shape index (κ2) is 9.27. The van der Waals surface area contributed by atoms with Gasteiger partial charge < -0.3 is 4.74 Å². The summed E-state index contributed by atoms with van der Waals surface area (Å²) in [6, 6.07) is 14.6. The van der Waals surface area contributed by atoms with Crippen LogP contribution in [0.4, 0.5) is 0 Å². The molecule has 0 atom stereocenters. The highest BCUT2D eigenvalue weighted by Crippen LogP contribution is 2.32. The summed E-state index contributed by atoms with van der Waals surface area (Å²) in [7, 11) is -4.17. The van der Waals surface area contributed by atoms with Crippen LogP contribution in [0.3, 0.4) is 0 Å². The van der Waals surface area contributed by atoms with Crippen molar-refractivity contribution >= 4 is 62.0 Å². The number of thioether (sulfide) groups is 1. The summed E-state index contributed by atoms with van der Waals surface area (Å²) in [6.07, 6.45) is 1.68. The van der Waals surface area contributed by atoms with Crippen LogP contribution in [-0.4, -0.2) is 40.4 Å². The number of nitrogens with zero attached hydrogens (tertiary/aromatic N) is 1. The number of halogens is 1. The Morgan fingerprint density at radius 2 is 1.79 bits per heavy atom. The molecular weight excluding hydrogens is 454 g/mol. The predicted molar refractivity (Wildman–Crippen MR) is 119 cm³/mol. The van der Waals surface area contributed by atoms with Crippen LogP contribution in [0.5, 0.6) is 5.75 Å². The number of hydrogen-bond donors (Lipinski definition) is 1. The lowest BCUT2D eigenvalue weighted by Crippen LogP contribution is -2.32. The molecule has 3 rings (SSSR count). The maximum atomic E-state index is 12.4. The fourth-order valence-electron chi connectivity index (χ4n) is 2.46. The van der Waals surface area contributed by atoms with Gasteiger partial charge in [0.25, 0.3) is 16.0 Å². The Morgan fingerprint density at radius 1 is 1.14 bits per heavy atom. The summed E-state index contributed by atoms with van der Waals surface area (Å²) in [4.78, 5) is 14.0. The van der Waals surface area contributed by atoms with E-state index in [1.165, 1.54) is 4.90 Å². The first-order valence-corrected chi connectivity index (χ1v) is 11.6. The molecule has 1 fully saturated rings. The molecule has 0 aliphatic carbocycles. The van der Waals surface area contributed by atoms with Crippen LogP contribution < -0.4 is 4.74 Å². The molecule has 1 aliphatic rings. The molecule has 6 nitrogen and oxygen atoms in total. The van der Waals surface area contributed by atoms with Crippen LogP contribution >= 0.6 is 35.6 Å². The summed E-state index contributed by atoms with van der Waals surface area (Å²) in [6.45, 7) is 0.223. The number of carbonyl (C=O) groups excluding carboxylic acids is 1. The predicted octanol–water partition coefficient (Wildman–Crippen LogP) is 4.01. The van der Waals surface area contributed by atoms with Gasteiger partial charge in [0.1, 0.15) is 16.7 Å². The van der Waals surface area contributed by atoms with Crippen molar-refractivity contribution in [2.45, 2.75) is 6.61 Å². The molecule has 2 aromatic carbocycles. The Hall–Kier alpha value is -1.91. The molecule has 1 N–H and O–H groups in total. The van der Waals surface area contributed by atoms with Crippen LogP contribution in [0.1, 0.15) is 11.1 Å². The lowest BCUT2D eigenvalue weighted by Gasteiger charge is -2.12. The van der Waals surface area contributed by atoms with E-state index in [9.17, 15) is 13.2 Å². The minimum Gasteiger partial charge on any atom is -0.489 e. The molecule has 0 unspecified atom stereocenters. The van der Waals surface area contributed by atoms with Crippen LogP contribution in [-0.2, 0) is 21.5 Å². The van der Waals surface area contributed by atoms with Crippen molar-refractivity contribution in [3.05, 3.63) is 69.6 Å². The number of carbonyl (C=O) groups is 1. The average Bonchev–Trinajstić information content (AvgIpc) is 2.93. The van der Waals surface area contributed by atoms with Crippen molar-refractivity contribution < 1.29 is 22.5 Å². The largest absolute Gasteiger partial charge is 0.489 e. The third-order valence-corrected chi connectivity index (χ3v) is 6.27. The Balaban J connectivity index is 1.62. The lowest BCUT2D eigenvalue weighted by molar-refractivity contribution is -0.121. The highest BCUT2D eigenvalue weighted by molar-refractivity contribution is 8.26. The molecule has 0 spiro atoms. The van der Waals surface area contributed by atoms with Crippen molar-refractivity contribution in [1.82, 2.24) is 4.90 Å². The average molecular weight is 470 g/mol. The van der Waals surface area contributed by atoms with Crippen LogP contribution in [0.25, 0.3) is 6.08 Å². The standard InChI is InChI=1S/C19H16ClNO5S3/c20-15-5-1-14(2-6-15)12-26-16-7-3-13(4-8-16)11-17-18(22)21(19(27)28-17)9-10-29(23,24)25/h1-8,11H,9-10,12H2,(H,23,24,25)/b17-11-. The fraction of sp³-hybridized carbons (Fsp3) is 0.158. The first kappa shape index (κ1) is 21.8. The minimum absolute atomic E-state index is 0.182. The number of amides is 1. The molecule has 10 heteroatoms. The molecule has 29 heavy (non-hydrogen) atoms. The van der Waals surface area contributed by atoms with E-state index >= 15 is 0 Å². The molecule has 1 saturated heterocycles. The second-order valence-electron chi connectivity index (χ2n) is 6.10. The van der Waals surface area contributed by atoms with Gasteiger partial charge in [-0.2, -0.15) is 8.42 Å². The van der Waals surface area contributed by atoms with E-state index in [-0.39, 0.29) is 16.8 Å². The zero-order chi connectivity index (χ0) is 21.0. The molecule has 1 aliphatic heterocycles. The number of thiocarbonyl (C=S) groups is 1. The van der Waals surface area contributed by atoms with E-state index in [4.69, 9.17) is 33.1 Å². The van der Waals surface area contributed by atoms with Gasteiger partial charge in [-0.3, -0.25) is 14.2 Å². The number of hydrogen-bond acceptors (Lipinski definition) is 6. The zero-order valence-corrected chi connectivity index (χ0v) is 18.2. The SMILES string of the molecule is O=C1/C(=C/c2ccc(OCc3ccc(Cl)cc3)cc2)SC(=S)N1CCS(=O)(=O)O. The van der Waals surface area contributed by atoms with Gasteiger partial charge in [0.2, 0.25) is 0 Å². The monoisotopic (exact) mass is 469 g/mol. The highest BCUT2D eigenvalue weighted by atomic mass is 35.5. The first-order chi connectivity index (χ1) is 13.7. The minimum atomic E-state index is -4.17. The lowest BCUT2D eigenvalue weighted by atomic mass is 10.2. The molecule has 152 valence electrons. The van der Waals surface area contributed by atoms with E-state index in [0.717, 1.165) is 22.9 Å². The van der Waals surface area contributed by atoms with Gasteiger partial charge in [-0.15, -0.1) is 0 Å². The van der Waals surface area contributed by atoms with Crippen molar-refractivity contribution in [2.24, 2.45) is 0 Å². The molecular formula is C19H16ClNO5S3. The fourth-order valence-corrected chi connectivity index (χ4v) is 4.31. The van der Waals surface area contributed by atoms with Crippen molar-refractivity contribution in [1.29, 1.82) is 0 Å². The van der Waals surface area contributed by atoms with Gasteiger partial charge in [-0.25, -0.2) is 0 Å². The highest BCUT2D eigenvalue weighted by Gasteiger charge is 2.32. The quantitative estimate of drug-likeness (QED) is 0.372. The van der Waals surface area contributed by atoms with Gasteiger partial charge in [0, 0.05) is 11.6 Å². The van der Waals surface area contributed by atoms with Crippen LogP contribution in [0, 0.1) is 0 Å². The van der Waals surface area contributed by atoms with Gasteiger partial charge in [-0.05, 0) is 41.5 Å². The molecule has 0 saturated carbocycles. The normalized spacial score (nSPS) is 15.9. The van der Waals surface area contributed by atoms with Crippen molar-refractivity contribution in [2.75, 3.05) is 12.3 Å². The Labute approximate surface area is 183 Å². The van der Waals surface area contributed by atoms with E-state index in [0.29, 0.717) is 22.3 Å². The Kier molecular flexibility index (Phi) is 6.97. The van der Waals surface area contributed by atoms with E-state index < -0.39 is 15.9 Å². The third-order valence-electron chi connectivity index (χ3n) is 3.94. The molecule has 2 aromatic rings.